The van der Waals surface area contributed by atoms with Gasteiger partial charge in [-0.3, -0.25) is 14.4 Å². The zero-order valence-electron chi connectivity index (χ0n) is 16.5. The second-order valence-corrected chi connectivity index (χ2v) is 6.36. The Morgan fingerprint density at radius 1 is 0.828 bits per heavy atom. The summed E-state index contributed by atoms with van der Waals surface area (Å²) in [5.74, 6) is -2.74. The Labute approximate surface area is 168 Å². The molecule has 0 unspecified atom stereocenters. The molecule has 8 nitrogen and oxygen atoms in total. The largest absolute Gasteiger partial charge is 0.462 e. The molecule has 0 aliphatic carbocycles. The molecule has 0 saturated carbocycles. The highest BCUT2D eigenvalue weighted by molar-refractivity contribution is 6.39. The number of nitrogens with one attached hydrogen (secondary N) is 3. The number of hydrogen-bond acceptors (Lipinski definition) is 5. The first-order valence-corrected chi connectivity index (χ1v) is 9.03. The molecule has 2 aromatic carbocycles. The third-order valence-corrected chi connectivity index (χ3v) is 3.78. The molecule has 152 valence electrons. The Morgan fingerprint density at radius 3 is 2.03 bits per heavy atom. The van der Waals surface area contributed by atoms with E-state index in [1.165, 1.54) is 12.1 Å². The molecule has 0 aliphatic rings. The topological polar surface area (TPSA) is 114 Å². The van der Waals surface area contributed by atoms with Crippen molar-refractivity contribution < 1.29 is 23.9 Å². The maximum absolute atomic E-state index is 12.0. The van der Waals surface area contributed by atoms with Crippen molar-refractivity contribution in [1.82, 2.24) is 5.32 Å². The van der Waals surface area contributed by atoms with Gasteiger partial charge in [-0.25, -0.2) is 4.79 Å². The van der Waals surface area contributed by atoms with Crippen LogP contribution >= 0.6 is 0 Å². The van der Waals surface area contributed by atoms with Crippen LogP contribution in [0.15, 0.2) is 42.5 Å². The van der Waals surface area contributed by atoms with Crippen molar-refractivity contribution in [3.05, 3.63) is 59.2 Å². The Kier molecular flexibility index (Phi) is 7.47. The number of hydrogen-bond donors (Lipinski definition) is 3. The van der Waals surface area contributed by atoms with E-state index in [1.807, 2.05) is 19.9 Å². The smallest absolute Gasteiger partial charge is 0.338 e. The predicted molar refractivity (Wildman–Crippen MR) is 109 cm³/mol. The molecule has 8 heteroatoms. The normalized spacial score (nSPS) is 10.0. The maximum atomic E-state index is 12.0. The fourth-order valence-electron chi connectivity index (χ4n) is 2.58. The molecule has 0 radical (unpaired) electrons. The van der Waals surface area contributed by atoms with E-state index < -0.39 is 23.7 Å². The SMILES string of the molecule is CCOC(=O)c1ccc(NC(=O)CNC(=O)C(=O)Nc2cc(C)cc(C)c2)cc1. The number of ether oxygens (including phenoxy) is 1. The Hall–Kier alpha value is -3.68. The van der Waals surface area contributed by atoms with Gasteiger partial charge in [-0.15, -0.1) is 0 Å². The van der Waals surface area contributed by atoms with Gasteiger partial charge in [0.05, 0.1) is 18.7 Å². The van der Waals surface area contributed by atoms with E-state index in [0.717, 1.165) is 11.1 Å². The third kappa shape index (κ3) is 6.76. The van der Waals surface area contributed by atoms with Crippen molar-refractivity contribution in [3.8, 4) is 0 Å². The lowest BCUT2D eigenvalue weighted by molar-refractivity contribution is -0.136. The molecule has 0 spiro atoms. The van der Waals surface area contributed by atoms with Crippen LogP contribution in [-0.4, -0.2) is 36.8 Å². The standard InChI is InChI=1S/C21H23N3O5/c1-4-29-21(28)15-5-7-16(8-6-15)23-18(25)12-22-19(26)20(27)24-17-10-13(2)9-14(3)11-17/h5-11H,4,12H2,1-3H3,(H,22,26)(H,23,25)(H,24,27). The number of carbonyl (C=O) groups excluding carboxylic acids is 4. The van der Waals surface area contributed by atoms with Crippen molar-refractivity contribution in [2.75, 3.05) is 23.8 Å². The fraction of sp³-hybridized carbons (Fsp3) is 0.238. The summed E-state index contributed by atoms with van der Waals surface area (Å²) in [4.78, 5) is 47.4. The van der Waals surface area contributed by atoms with E-state index >= 15 is 0 Å². The monoisotopic (exact) mass is 397 g/mol. The van der Waals surface area contributed by atoms with Crippen molar-refractivity contribution in [1.29, 1.82) is 0 Å². The highest BCUT2D eigenvalue weighted by Crippen LogP contribution is 2.13. The lowest BCUT2D eigenvalue weighted by atomic mass is 10.1. The van der Waals surface area contributed by atoms with Gasteiger partial charge in [0.2, 0.25) is 5.91 Å². The van der Waals surface area contributed by atoms with Crippen LogP contribution in [0.4, 0.5) is 11.4 Å². The van der Waals surface area contributed by atoms with Crippen LogP contribution in [0.25, 0.3) is 0 Å². The first-order chi connectivity index (χ1) is 13.8. The van der Waals surface area contributed by atoms with Crippen LogP contribution in [0.3, 0.4) is 0 Å². The van der Waals surface area contributed by atoms with Crippen LogP contribution in [0, 0.1) is 13.8 Å². The van der Waals surface area contributed by atoms with Gasteiger partial charge in [-0.1, -0.05) is 6.07 Å². The zero-order chi connectivity index (χ0) is 21.4. The van der Waals surface area contributed by atoms with Crippen molar-refractivity contribution in [2.45, 2.75) is 20.8 Å². The van der Waals surface area contributed by atoms with Crippen LogP contribution < -0.4 is 16.0 Å². The van der Waals surface area contributed by atoms with E-state index in [1.54, 1.807) is 31.2 Å². The predicted octanol–water partition coefficient (Wildman–Crippen LogP) is 2.17. The highest BCUT2D eigenvalue weighted by atomic mass is 16.5. The van der Waals surface area contributed by atoms with E-state index in [2.05, 4.69) is 16.0 Å². The first kappa shape index (κ1) is 21.6. The summed E-state index contributed by atoms with van der Waals surface area (Å²) in [6.07, 6.45) is 0. The minimum atomic E-state index is -0.919. The number of aryl methyl sites for hydroxylation is 2. The zero-order valence-corrected chi connectivity index (χ0v) is 16.5. The van der Waals surface area contributed by atoms with E-state index in [-0.39, 0.29) is 13.2 Å². The molecule has 0 saturated heterocycles. The second kappa shape index (κ2) is 10.0. The number of amides is 3. The Balaban J connectivity index is 1.82. The molecule has 0 fully saturated rings. The highest BCUT2D eigenvalue weighted by Gasteiger charge is 2.15. The molecule has 2 aromatic rings. The molecule has 0 aromatic heterocycles. The molecule has 0 bridgehead atoms. The maximum Gasteiger partial charge on any atom is 0.338 e. The lowest BCUT2D eigenvalue weighted by Gasteiger charge is -2.09. The van der Waals surface area contributed by atoms with Gasteiger partial charge in [-0.05, 0) is 68.3 Å². The molecule has 0 atom stereocenters. The summed E-state index contributed by atoms with van der Waals surface area (Å²) in [5, 5.41) is 7.32. The summed E-state index contributed by atoms with van der Waals surface area (Å²) in [6, 6.07) is 11.5. The van der Waals surface area contributed by atoms with Crippen molar-refractivity contribution in [3.63, 3.8) is 0 Å². The summed E-state index contributed by atoms with van der Waals surface area (Å²) < 4.78 is 4.88. The number of rotatable bonds is 6. The molecular formula is C21H23N3O5. The third-order valence-electron chi connectivity index (χ3n) is 3.78. The van der Waals surface area contributed by atoms with Crippen LogP contribution in [0.1, 0.15) is 28.4 Å². The van der Waals surface area contributed by atoms with E-state index in [0.29, 0.717) is 16.9 Å². The summed E-state index contributed by atoms with van der Waals surface area (Å²) >= 11 is 0. The Morgan fingerprint density at radius 2 is 1.45 bits per heavy atom. The van der Waals surface area contributed by atoms with Gasteiger partial charge < -0.3 is 20.7 Å². The van der Waals surface area contributed by atoms with Gasteiger partial charge in [0.15, 0.2) is 0 Å². The number of anilines is 2. The number of benzene rings is 2. The van der Waals surface area contributed by atoms with E-state index in [9.17, 15) is 19.2 Å². The van der Waals surface area contributed by atoms with Crippen LogP contribution in [0.2, 0.25) is 0 Å². The molecule has 2 rings (SSSR count). The summed E-state index contributed by atoms with van der Waals surface area (Å²) in [6.45, 7) is 5.37. The molecule has 3 amide bonds. The van der Waals surface area contributed by atoms with Gasteiger partial charge in [0.1, 0.15) is 0 Å². The summed E-state index contributed by atoms with van der Waals surface area (Å²) in [5.41, 5.74) is 3.22. The van der Waals surface area contributed by atoms with Crippen molar-refractivity contribution >= 4 is 35.1 Å². The molecule has 29 heavy (non-hydrogen) atoms. The fourth-order valence-corrected chi connectivity index (χ4v) is 2.58. The van der Waals surface area contributed by atoms with E-state index in [4.69, 9.17) is 4.74 Å². The number of carbonyl (C=O) groups is 4. The van der Waals surface area contributed by atoms with Crippen LogP contribution in [-0.2, 0) is 19.1 Å². The van der Waals surface area contributed by atoms with Gasteiger partial charge in [0, 0.05) is 11.4 Å². The second-order valence-electron chi connectivity index (χ2n) is 6.36. The summed E-state index contributed by atoms with van der Waals surface area (Å²) in [7, 11) is 0. The molecule has 3 N–H and O–H groups in total. The average molecular weight is 397 g/mol. The average Bonchev–Trinajstić information content (AvgIpc) is 2.66. The quantitative estimate of drug-likeness (QED) is 0.511. The molecular weight excluding hydrogens is 374 g/mol. The first-order valence-electron chi connectivity index (χ1n) is 9.03. The van der Waals surface area contributed by atoms with Gasteiger partial charge in [-0.2, -0.15) is 0 Å². The molecule has 0 heterocycles. The lowest BCUT2D eigenvalue weighted by Crippen LogP contribution is -2.39. The molecule has 0 aliphatic heterocycles. The van der Waals surface area contributed by atoms with Crippen LogP contribution in [0.5, 0.6) is 0 Å². The van der Waals surface area contributed by atoms with Gasteiger partial charge in [0.25, 0.3) is 0 Å². The Bertz CT molecular complexity index is 902. The van der Waals surface area contributed by atoms with Gasteiger partial charge >= 0.3 is 17.8 Å². The van der Waals surface area contributed by atoms with Crippen molar-refractivity contribution in [2.24, 2.45) is 0 Å². The number of esters is 1. The minimum absolute atomic E-state index is 0.272. The minimum Gasteiger partial charge on any atom is -0.462 e.